The van der Waals surface area contributed by atoms with Crippen molar-refractivity contribution in [1.82, 2.24) is 0 Å². The number of alkyl halides is 2. The van der Waals surface area contributed by atoms with Crippen LogP contribution in [0.25, 0.3) is 0 Å². The fraction of sp³-hybridized carbons (Fsp3) is 0.100. The summed E-state index contributed by atoms with van der Waals surface area (Å²) in [6.45, 7) is 0. The zero-order valence-corrected chi connectivity index (χ0v) is 17.0. The topological polar surface area (TPSA) is 17.1 Å². The third-order valence-electron chi connectivity index (χ3n) is 3.98. The molecule has 0 fully saturated rings. The summed E-state index contributed by atoms with van der Waals surface area (Å²) in [7, 11) is -2.86. The van der Waals surface area contributed by atoms with Gasteiger partial charge in [0, 0.05) is 5.30 Å². The molecule has 2 unspecified atom stereocenters. The maximum atomic E-state index is 14.3. The van der Waals surface area contributed by atoms with Crippen LogP contribution in [-0.4, -0.2) is 0 Å². The van der Waals surface area contributed by atoms with E-state index in [-0.39, 0.29) is 9.14 Å². The van der Waals surface area contributed by atoms with E-state index < -0.39 is 7.14 Å². The van der Waals surface area contributed by atoms with Crippen molar-refractivity contribution in [2.24, 2.45) is 0 Å². The quantitative estimate of drug-likeness (QED) is 0.298. The van der Waals surface area contributed by atoms with Gasteiger partial charge in [-0.1, -0.05) is 123 Å². The first kappa shape index (κ1) is 17.7. The average molecular weight is 464 g/mol. The second-order valence-corrected chi connectivity index (χ2v) is 11.8. The molecule has 1 nitrogen and oxygen atoms in total. The van der Waals surface area contributed by atoms with Gasteiger partial charge < -0.3 is 4.57 Å². The van der Waals surface area contributed by atoms with E-state index in [2.05, 4.69) is 31.9 Å². The molecule has 0 aliphatic carbocycles. The Bertz CT molecular complexity index is 773. The Kier molecular flexibility index (Phi) is 5.76. The fourth-order valence-corrected chi connectivity index (χ4v) is 9.73. The van der Waals surface area contributed by atoms with Gasteiger partial charge >= 0.3 is 0 Å². The molecule has 0 aliphatic rings. The van der Waals surface area contributed by atoms with Crippen LogP contribution >= 0.6 is 39.0 Å². The molecule has 0 radical (unpaired) electrons. The standard InChI is InChI=1S/C20H17Br2OP/c21-19(16-10-4-1-5-11-16)24(23,18-14-8-3-9-15-18)20(22)17-12-6-2-7-13-17/h1-15,19-20H. The molecule has 0 spiro atoms. The van der Waals surface area contributed by atoms with Gasteiger partial charge in [0.2, 0.25) is 0 Å². The fourth-order valence-electron chi connectivity index (χ4n) is 2.70. The van der Waals surface area contributed by atoms with Gasteiger partial charge in [0.25, 0.3) is 0 Å². The van der Waals surface area contributed by atoms with E-state index in [1.54, 1.807) is 0 Å². The lowest BCUT2D eigenvalue weighted by molar-refractivity contribution is 0.579. The molecule has 24 heavy (non-hydrogen) atoms. The van der Waals surface area contributed by atoms with Crippen molar-refractivity contribution in [3.05, 3.63) is 102 Å². The van der Waals surface area contributed by atoms with E-state index in [0.717, 1.165) is 16.4 Å². The summed E-state index contributed by atoms with van der Waals surface area (Å²) in [4.78, 5) is 0. The van der Waals surface area contributed by atoms with E-state index in [4.69, 9.17) is 0 Å². The molecule has 3 aromatic rings. The minimum atomic E-state index is -2.86. The van der Waals surface area contributed by atoms with Crippen molar-refractivity contribution < 1.29 is 4.57 Å². The van der Waals surface area contributed by atoms with Gasteiger partial charge in [0.05, 0.1) is 9.14 Å². The molecular weight excluding hydrogens is 447 g/mol. The molecule has 0 aromatic heterocycles. The molecule has 0 saturated carbocycles. The van der Waals surface area contributed by atoms with Crippen molar-refractivity contribution in [2.75, 3.05) is 0 Å². The Morgan fingerprint density at radius 1 is 0.583 bits per heavy atom. The van der Waals surface area contributed by atoms with Crippen LogP contribution in [0.1, 0.15) is 20.3 Å². The van der Waals surface area contributed by atoms with E-state index in [1.807, 2.05) is 91.0 Å². The Hall–Kier alpha value is -1.15. The third-order valence-corrected chi connectivity index (χ3v) is 11.7. The third kappa shape index (κ3) is 3.44. The molecule has 0 saturated heterocycles. The predicted octanol–water partition coefficient (Wildman–Crippen LogP) is 6.86. The van der Waals surface area contributed by atoms with Gasteiger partial charge in [0.15, 0.2) is 0 Å². The van der Waals surface area contributed by atoms with Crippen LogP contribution in [0, 0.1) is 0 Å². The summed E-state index contributed by atoms with van der Waals surface area (Å²) in [6.07, 6.45) is 0. The van der Waals surface area contributed by atoms with Crippen molar-refractivity contribution in [3.8, 4) is 0 Å². The van der Waals surface area contributed by atoms with Gasteiger partial charge in [-0.15, -0.1) is 0 Å². The van der Waals surface area contributed by atoms with Crippen molar-refractivity contribution in [3.63, 3.8) is 0 Å². The molecule has 122 valence electrons. The number of hydrogen-bond acceptors (Lipinski definition) is 1. The molecule has 3 rings (SSSR count). The largest absolute Gasteiger partial charge is 0.316 e. The highest BCUT2D eigenvalue weighted by Crippen LogP contribution is 2.72. The van der Waals surface area contributed by atoms with Crippen LogP contribution in [-0.2, 0) is 4.57 Å². The predicted molar refractivity (Wildman–Crippen MR) is 110 cm³/mol. The molecule has 3 aromatic carbocycles. The highest BCUT2D eigenvalue weighted by molar-refractivity contribution is 9.12. The highest BCUT2D eigenvalue weighted by atomic mass is 79.9. The van der Waals surface area contributed by atoms with Crippen molar-refractivity contribution in [1.29, 1.82) is 0 Å². The minimum absolute atomic E-state index is 0.266. The van der Waals surface area contributed by atoms with Gasteiger partial charge in [-0.2, -0.15) is 0 Å². The van der Waals surface area contributed by atoms with Gasteiger partial charge in [-0.05, 0) is 11.1 Å². The summed E-state index contributed by atoms with van der Waals surface area (Å²) < 4.78 is 13.8. The SMILES string of the molecule is O=P(c1ccccc1)(C(Br)c1ccccc1)C(Br)c1ccccc1. The molecule has 0 amide bonds. The Morgan fingerprint density at radius 3 is 1.29 bits per heavy atom. The number of benzene rings is 3. The minimum Gasteiger partial charge on any atom is -0.316 e. The number of hydrogen-bond donors (Lipinski definition) is 0. The zero-order chi connectivity index (χ0) is 17.0. The first-order chi connectivity index (χ1) is 11.6. The first-order valence-corrected chi connectivity index (χ1v) is 11.3. The van der Waals surface area contributed by atoms with E-state index in [1.165, 1.54) is 0 Å². The number of halogens is 2. The Morgan fingerprint density at radius 2 is 0.917 bits per heavy atom. The van der Waals surface area contributed by atoms with E-state index in [0.29, 0.717) is 0 Å². The normalized spacial score (nSPS) is 16.1. The van der Waals surface area contributed by atoms with Crippen molar-refractivity contribution >= 4 is 44.3 Å². The number of rotatable bonds is 5. The second-order valence-electron chi connectivity index (χ2n) is 5.54. The van der Waals surface area contributed by atoms with Crippen LogP contribution in [0.3, 0.4) is 0 Å². The van der Waals surface area contributed by atoms with Crippen LogP contribution in [0.2, 0.25) is 0 Å². The van der Waals surface area contributed by atoms with E-state index in [9.17, 15) is 4.57 Å². The van der Waals surface area contributed by atoms with Crippen LogP contribution in [0.5, 0.6) is 0 Å². The maximum absolute atomic E-state index is 14.3. The lowest BCUT2D eigenvalue weighted by atomic mass is 10.2. The zero-order valence-electron chi connectivity index (χ0n) is 12.9. The smallest absolute Gasteiger partial charge is 0.150 e. The monoisotopic (exact) mass is 462 g/mol. The molecular formula is C20H17Br2OP. The van der Waals surface area contributed by atoms with E-state index >= 15 is 0 Å². The Labute approximate surface area is 159 Å². The van der Waals surface area contributed by atoms with Gasteiger partial charge in [-0.25, -0.2) is 0 Å². The van der Waals surface area contributed by atoms with Gasteiger partial charge in [-0.3, -0.25) is 0 Å². The van der Waals surface area contributed by atoms with Crippen LogP contribution < -0.4 is 5.30 Å². The summed E-state index contributed by atoms with van der Waals surface area (Å²) >= 11 is 7.50. The summed E-state index contributed by atoms with van der Waals surface area (Å²) in [5.74, 6) is 0. The maximum Gasteiger partial charge on any atom is 0.150 e. The van der Waals surface area contributed by atoms with Crippen molar-refractivity contribution in [2.45, 2.75) is 9.14 Å². The Balaban J connectivity index is 2.13. The molecule has 2 atom stereocenters. The first-order valence-electron chi connectivity index (χ1n) is 7.67. The van der Waals surface area contributed by atoms with Crippen LogP contribution in [0.4, 0.5) is 0 Å². The molecule has 0 bridgehead atoms. The molecule has 4 heteroatoms. The molecule has 0 aliphatic heterocycles. The summed E-state index contributed by atoms with van der Waals surface area (Å²) in [6, 6.07) is 29.6. The lowest BCUT2D eigenvalue weighted by Gasteiger charge is -2.29. The van der Waals surface area contributed by atoms with Gasteiger partial charge in [0.1, 0.15) is 7.14 Å². The summed E-state index contributed by atoms with van der Waals surface area (Å²) in [5.41, 5.74) is 2.04. The average Bonchev–Trinajstić information content (AvgIpc) is 2.68. The lowest BCUT2D eigenvalue weighted by Crippen LogP contribution is -2.12. The second kappa shape index (κ2) is 7.82. The van der Waals surface area contributed by atoms with Crippen LogP contribution in [0.15, 0.2) is 91.0 Å². The summed E-state index contributed by atoms with van der Waals surface area (Å²) in [5, 5.41) is 0.862. The molecule has 0 N–H and O–H groups in total. The molecule has 0 heterocycles. The highest BCUT2D eigenvalue weighted by Gasteiger charge is 2.41.